The molecule has 0 aliphatic carbocycles. The van der Waals surface area contributed by atoms with E-state index in [1.807, 2.05) is 57.2 Å². The Kier molecular flexibility index (Phi) is 7.62. The van der Waals surface area contributed by atoms with Crippen molar-refractivity contribution in [2.75, 3.05) is 13.2 Å². The van der Waals surface area contributed by atoms with E-state index in [0.29, 0.717) is 31.0 Å². The molecule has 8 heteroatoms. The first-order valence-corrected chi connectivity index (χ1v) is 12.4. The van der Waals surface area contributed by atoms with Gasteiger partial charge in [-0.05, 0) is 67.4 Å². The van der Waals surface area contributed by atoms with Crippen LogP contribution >= 0.6 is 15.9 Å². The fraction of sp³-hybridized carbons (Fsp3) is 0.333. The number of hydrogen-bond acceptors (Lipinski definition) is 5. The van der Waals surface area contributed by atoms with E-state index in [1.54, 1.807) is 11.6 Å². The van der Waals surface area contributed by atoms with Crippen LogP contribution in [0.1, 0.15) is 39.9 Å². The third-order valence-corrected chi connectivity index (χ3v) is 7.22. The van der Waals surface area contributed by atoms with E-state index in [0.717, 1.165) is 38.0 Å². The van der Waals surface area contributed by atoms with Crippen molar-refractivity contribution >= 4 is 32.8 Å². The van der Waals surface area contributed by atoms with Crippen molar-refractivity contribution in [2.45, 2.75) is 46.9 Å². The van der Waals surface area contributed by atoms with Crippen LogP contribution in [0, 0.1) is 20.8 Å². The van der Waals surface area contributed by atoms with Crippen LogP contribution in [-0.4, -0.2) is 44.7 Å². The zero-order valence-electron chi connectivity index (χ0n) is 20.4. The van der Waals surface area contributed by atoms with Crippen LogP contribution in [0.15, 0.2) is 53.0 Å². The number of esters is 1. The molecule has 0 saturated heterocycles. The number of hydrogen-bond donors (Lipinski definition) is 1. The molecule has 2 aromatic carbocycles. The fourth-order valence-electron chi connectivity index (χ4n) is 4.28. The largest absolute Gasteiger partial charge is 0.491 e. The standard InChI is InChI=1S/C27H30BrN3O4/c1-5-34-27(33)25-18(3)30(14-20-9-7-6-8-10-20)24-12-11-22(13-23(24)25)35-16-21(32)15-31-19(4)26(28)17(2)29-31/h6-13,21,32H,5,14-16H2,1-4H3/t21-/m0/s1. The summed E-state index contributed by atoms with van der Waals surface area (Å²) >= 11 is 3.51. The lowest BCUT2D eigenvalue weighted by Crippen LogP contribution is -2.24. The Hall–Kier alpha value is -3.10. The number of carbonyl (C=O) groups excluding carboxylic acids is 1. The van der Waals surface area contributed by atoms with E-state index in [2.05, 4.69) is 37.7 Å². The van der Waals surface area contributed by atoms with Gasteiger partial charge in [0.2, 0.25) is 0 Å². The number of nitrogens with zero attached hydrogens (tertiary/aromatic N) is 3. The second-order valence-electron chi connectivity index (χ2n) is 8.56. The van der Waals surface area contributed by atoms with E-state index >= 15 is 0 Å². The molecule has 0 spiro atoms. The lowest BCUT2D eigenvalue weighted by atomic mass is 10.1. The predicted molar refractivity (Wildman–Crippen MR) is 139 cm³/mol. The Bertz CT molecular complexity index is 1340. The number of carbonyl (C=O) groups is 1. The summed E-state index contributed by atoms with van der Waals surface area (Å²) < 4.78 is 16.1. The number of ether oxygens (including phenoxy) is 2. The molecule has 4 aromatic rings. The smallest absolute Gasteiger partial charge is 0.340 e. The lowest BCUT2D eigenvalue weighted by Gasteiger charge is -2.14. The van der Waals surface area contributed by atoms with Crippen molar-refractivity contribution in [2.24, 2.45) is 0 Å². The van der Waals surface area contributed by atoms with Crippen molar-refractivity contribution in [1.29, 1.82) is 0 Å². The molecule has 0 fully saturated rings. The highest BCUT2D eigenvalue weighted by molar-refractivity contribution is 9.10. The fourth-order valence-corrected chi connectivity index (χ4v) is 4.56. The maximum Gasteiger partial charge on any atom is 0.340 e. The van der Waals surface area contributed by atoms with Crippen molar-refractivity contribution in [1.82, 2.24) is 14.3 Å². The normalized spacial score (nSPS) is 12.2. The highest BCUT2D eigenvalue weighted by Gasteiger charge is 2.22. The minimum absolute atomic E-state index is 0.0971. The van der Waals surface area contributed by atoms with Crippen molar-refractivity contribution in [3.63, 3.8) is 0 Å². The first kappa shape index (κ1) is 25.0. The second-order valence-corrected chi connectivity index (χ2v) is 9.36. The van der Waals surface area contributed by atoms with Gasteiger partial charge in [0, 0.05) is 28.8 Å². The second kappa shape index (κ2) is 10.7. The Morgan fingerprint density at radius 1 is 1.11 bits per heavy atom. The SMILES string of the molecule is CCOC(=O)c1c(C)n(Cc2ccccc2)c2ccc(OC[C@@H](O)Cn3nc(C)c(Br)c3C)cc12. The molecular formula is C27H30BrN3O4. The Morgan fingerprint density at radius 3 is 2.51 bits per heavy atom. The molecule has 4 rings (SSSR count). The quantitative estimate of drug-likeness (QED) is 0.296. The summed E-state index contributed by atoms with van der Waals surface area (Å²) in [6.07, 6.45) is -0.746. The summed E-state index contributed by atoms with van der Waals surface area (Å²) in [5, 5.41) is 15.8. The molecule has 0 amide bonds. The van der Waals surface area contributed by atoms with Crippen molar-refractivity contribution < 1.29 is 19.4 Å². The first-order valence-electron chi connectivity index (χ1n) is 11.6. The van der Waals surface area contributed by atoms with Crippen molar-refractivity contribution in [3.05, 3.63) is 81.2 Å². The molecule has 0 aliphatic heterocycles. The van der Waals surface area contributed by atoms with Crippen LogP contribution in [0.5, 0.6) is 5.75 Å². The van der Waals surface area contributed by atoms with Crippen LogP contribution in [0.3, 0.4) is 0 Å². The number of halogens is 1. The zero-order chi connectivity index (χ0) is 25.1. The number of aliphatic hydroxyl groups excluding tert-OH is 1. The Morgan fingerprint density at radius 2 is 1.86 bits per heavy atom. The summed E-state index contributed by atoms with van der Waals surface area (Å²) in [6, 6.07) is 15.8. The van der Waals surface area contributed by atoms with Gasteiger partial charge in [-0.3, -0.25) is 4.68 Å². The van der Waals surface area contributed by atoms with E-state index in [9.17, 15) is 9.90 Å². The van der Waals surface area contributed by atoms with Crippen LogP contribution < -0.4 is 4.74 Å². The molecule has 7 nitrogen and oxygen atoms in total. The lowest BCUT2D eigenvalue weighted by molar-refractivity contribution is 0.0527. The molecule has 0 unspecified atom stereocenters. The molecule has 2 heterocycles. The third-order valence-electron chi connectivity index (χ3n) is 6.08. The van der Waals surface area contributed by atoms with E-state index in [4.69, 9.17) is 9.47 Å². The maximum atomic E-state index is 12.9. The number of rotatable bonds is 9. The average Bonchev–Trinajstić information content (AvgIpc) is 3.25. The monoisotopic (exact) mass is 539 g/mol. The molecule has 0 bridgehead atoms. The van der Waals surface area contributed by atoms with Gasteiger partial charge < -0.3 is 19.1 Å². The van der Waals surface area contributed by atoms with Gasteiger partial charge in [-0.2, -0.15) is 5.10 Å². The predicted octanol–water partition coefficient (Wildman–Crippen LogP) is 5.19. The molecule has 0 aliphatic rings. The zero-order valence-corrected chi connectivity index (χ0v) is 22.0. The van der Waals surface area contributed by atoms with E-state index < -0.39 is 6.10 Å². The van der Waals surface area contributed by atoms with Gasteiger partial charge in [0.05, 0.1) is 28.9 Å². The molecule has 35 heavy (non-hydrogen) atoms. The number of aliphatic hydroxyl groups is 1. The topological polar surface area (TPSA) is 78.5 Å². The number of fused-ring (bicyclic) bond motifs is 1. The molecule has 1 N–H and O–H groups in total. The summed E-state index contributed by atoms with van der Waals surface area (Å²) in [4.78, 5) is 12.9. The molecular weight excluding hydrogens is 510 g/mol. The van der Waals surface area contributed by atoms with Gasteiger partial charge in [-0.25, -0.2) is 4.79 Å². The van der Waals surface area contributed by atoms with Gasteiger partial charge in [0.1, 0.15) is 18.5 Å². The van der Waals surface area contributed by atoms with Gasteiger partial charge >= 0.3 is 5.97 Å². The summed E-state index contributed by atoms with van der Waals surface area (Å²) in [5.41, 5.74) is 5.28. The molecule has 0 saturated carbocycles. The summed E-state index contributed by atoms with van der Waals surface area (Å²) in [6.45, 7) is 8.96. The van der Waals surface area contributed by atoms with E-state index in [-0.39, 0.29) is 12.6 Å². The first-order chi connectivity index (χ1) is 16.8. The van der Waals surface area contributed by atoms with Gasteiger partial charge in [0.25, 0.3) is 0 Å². The van der Waals surface area contributed by atoms with Crippen LogP contribution in [0.4, 0.5) is 0 Å². The molecule has 0 radical (unpaired) electrons. The van der Waals surface area contributed by atoms with Gasteiger partial charge in [-0.1, -0.05) is 30.3 Å². The number of aryl methyl sites for hydroxylation is 1. The summed E-state index contributed by atoms with van der Waals surface area (Å²) in [5.74, 6) is 0.225. The number of benzene rings is 2. The third kappa shape index (κ3) is 5.28. The highest BCUT2D eigenvalue weighted by Crippen LogP contribution is 2.31. The van der Waals surface area contributed by atoms with E-state index in [1.165, 1.54) is 0 Å². The average molecular weight is 540 g/mol. The van der Waals surface area contributed by atoms with Crippen LogP contribution in [0.25, 0.3) is 10.9 Å². The van der Waals surface area contributed by atoms with Crippen LogP contribution in [0.2, 0.25) is 0 Å². The minimum atomic E-state index is -0.746. The van der Waals surface area contributed by atoms with Crippen LogP contribution in [-0.2, 0) is 17.8 Å². The van der Waals surface area contributed by atoms with Crippen molar-refractivity contribution in [3.8, 4) is 5.75 Å². The minimum Gasteiger partial charge on any atom is -0.491 e. The molecule has 184 valence electrons. The van der Waals surface area contributed by atoms with Gasteiger partial charge in [-0.15, -0.1) is 0 Å². The molecule has 2 aromatic heterocycles. The molecule has 1 atom stereocenters. The Labute approximate surface area is 213 Å². The van der Waals surface area contributed by atoms with Gasteiger partial charge in [0.15, 0.2) is 0 Å². The highest BCUT2D eigenvalue weighted by atomic mass is 79.9. The number of aromatic nitrogens is 3. The Balaban J connectivity index is 1.59. The summed E-state index contributed by atoms with van der Waals surface area (Å²) in [7, 11) is 0. The maximum absolute atomic E-state index is 12.9.